The maximum atomic E-state index is 12.5. The van der Waals surface area contributed by atoms with Gasteiger partial charge in [0.2, 0.25) is 0 Å². The van der Waals surface area contributed by atoms with Gasteiger partial charge in [0.25, 0.3) is 0 Å². The van der Waals surface area contributed by atoms with Crippen molar-refractivity contribution in [3.05, 3.63) is 29.3 Å². The Morgan fingerprint density at radius 1 is 1.33 bits per heavy atom. The first-order valence-corrected chi connectivity index (χ1v) is 6.72. The van der Waals surface area contributed by atoms with Crippen LogP contribution in [-0.2, 0) is 20.8 Å². The van der Waals surface area contributed by atoms with Crippen molar-refractivity contribution in [3.63, 3.8) is 0 Å². The van der Waals surface area contributed by atoms with Crippen molar-refractivity contribution in [2.45, 2.75) is 23.9 Å². The minimum Gasteiger partial charge on any atom is -0.299 e. The molecule has 0 bridgehead atoms. The molecule has 18 heavy (non-hydrogen) atoms. The van der Waals surface area contributed by atoms with Gasteiger partial charge in [-0.2, -0.15) is 13.2 Å². The van der Waals surface area contributed by atoms with Crippen LogP contribution in [0, 0.1) is 0 Å². The molecule has 0 fully saturated rings. The maximum absolute atomic E-state index is 12.5. The van der Waals surface area contributed by atoms with Crippen molar-refractivity contribution in [2.24, 2.45) is 0 Å². The molecule has 1 atom stereocenters. The van der Waals surface area contributed by atoms with Gasteiger partial charge in [0.1, 0.15) is 5.78 Å². The molecule has 0 amide bonds. The number of carbonyl (C=O) groups excluding carboxylic acids is 1. The van der Waals surface area contributed by atoms with Crippen LogP contribution in [0.3, 0.4) is 0 Å². The number of fused-ring (bicyclic) bond motifs is 1. The van der Waals surface area contributed by atoms with E-state index in [1.165, 1.54) is 6.92 Å². The van der Waals surface area contributed by atoms with Gasteiger partial charge < -0.3 is 0 Å². The molecule has 1 aliphatic heterocycles. The summed E-state index contributed by atoms with van der Waals surface area (Å²) in [5, 5.41) is 0. The fourth-order valence-electron chi connectivity index (χ4n) is 2.02. The minimum absolute atomic E-state index is 0.0441. The third kappa shape index (κ3) is 2.03. The normalized spacial score (nSPS) is 21.7. The van der Waals surface area contributed by atoms with E-state index in [9.17, 15) is 26.4 Å². The molecule has 0 aromatic heterocycles. The molecule has 7 heteroatoms. The molecule has 98 valence electrons. The predicted molar refractivity (Wildman–Crippen MR) is 56.9 cm³/mol. The lowest BCUT2D eigenvalue weighted by molar-refractivity contribution is -0.137. The van der Waals surface area contributed by atoms with Crippen molar-refractivity contribution in [1.29, 1.82) is 0 Å². The third-order valence-corrected chi connectivity index (χ3v) is 4.74. The van der Waals surface area contributed by atoms with Gasteiger partial charge in [0, 0.05) is 0 Å². The number of ketones is 1. The predicted octanol–water partition coefficient (Wildman–Crippen LogP) is 2.17. The maximum Gasteiger partial charge on any atom is 0.416 e. The zero-order chi connectivity index (χ0) is 13.7. The molecular weight excluding hydrogens is 269 g/mol. The Labute approximate surface area is 102 Å². The van der Waals surface area contributed by atoms with Crippen LogP contribution in [-0.4, -0.2) is 20.0 Å². The monoisotopic (exact) mass is 278 g/mol. The first-order chi connectivity index (χ1) is 8.13. The number of sulfone groups is 1. The van der Waals surface area contributed by atoms with Crippen LogP contribution in [0.25, 0.3) is 0 Å². The topological polar surface area (TPSA) is 51.2 Å². The first kappa shape index (κ1) is 13.1. The first-order valence-electron chi connectivity index (χ1n) is 5.07. The average molecular weight is 278 g/mol. The summed E-state index contributed by atoms with van der Waals surface area (Å²) in [6.07, 6.45) is -4.55. The van der Waals surface area contributed by atoms with E-state index in [-0.39, 0.29) is 10.5 Å². The van der Waals surface area contributed by atoms with Crippen molar-refractivity contribution >= 4 is 15.6 Å². The van der Waals surface area contributed by atoms with Crippen LogP contribution in [0.5, 0.6) is 0 Å². The summed E-state index contributed by atoms with van der Waals surface area (Å²) in [4.78, 5) is 11.1. The summed E-state index contributed by atoms with van der Waals surface area (Å²) in [7, 11) is -3.65. The highest BCUT2D eigenvalue weighted by Crippen LogP contribution is 2.39. The summed E-state index contributed by atoms with van der Waals surface area (Å²) in [5.41, 5.74) is -0.984. The number of halogens is 3. The van der Waals surface area contributed by atoms with Gasteiger partial charge in [-0.1, -0.05) is 0 Å². The van der Waals surface area contributed by atoms with Crippen LogP contribution in [0.1, 0.15) is 24.0 Å². The van der Waals surface area contributed by atoms with Crippen molar-refractivity contribution in [1.82, 2.24) is 0 Å². The lowest BCUT2D eigenvalue weighted by Gasteiger charge is -2.10. The molecule has 3 nitrogen and oxygen atoms in total. The Bertz CT molecular complexity index is 617. The highest BCUT2D eigenvalue weighted by molar-refractivity contribution is 7.91. The van der Waals surface area contributed by atoms with Gasteiger partial charge in [-0.05, 0) is 30.7 Å². The van der Waals surface area contributed by atoms with E-state index in [2.05, 4.69) is 0 Å². The highest BCUT2D eigenvalue weighted by atomic mass is 32.2. The number of hydrogen-bond donors (Lipinski definition) is 0. The van der Waals surface area contributed by atoms with E-state index < -0.39 is 39.0 Å². The van der Waals surface area contributed by atoms with E-state index in [4.69, 9.17) is 0 Å². The van der Waals surface area contributed by atoms with E-state index in [0.717, 1.165) is 18.2 Å². The second-order valence-electron chi connectivity index (χ2n) is 4.20. The second-order valence-corrected chi connectivity index (χ2v) is 6.20. The number of benzene rings is 1. The molecule has 0 aliphatic carbocycles. The number of Topliss-reactive ketones (excluding diaryl/α,β-unsaturated/α-hetero) is 1. The highest BCUT2D eigenvalue weighted by Gasteiger charge is 2.40. The number of alkyl halides is 3. The van der Waals surface area contributed by atoms with Crippen LogP contribution in [0.2, 0.25) is 0 Å². The van der Waals surface area contributed by atoms with E-state index in [0.29, 0.717) is 0 Å². The quantitative estimate of drug-likeness (QED) is 0.791. The van der Waals surface area contributed by atoms with Crippen LogP contribution < -0.4 is 0 Å². The molecule has 0 spiro atoms. The minimum atomic E-state index is -4.55. The largest absolute Gasteiger partial charge is 0.416 e. The molecule has 0 saturated heterocycles. The molecule has 0 radical (unpaired) electrons. The Kier molecular flexibility index (Phi) is 2.77. The summed E-state index contributed by atoms with van der Waals surface area (Å²) in [6, 6.07) is 2.40. The fraction of sp³-hybridized carbons (Fsp3) is 0.364. The molecule has 0 N–H and O–H groups in total. The molecule has 1 unspecified atom stereocenters. The molecule has 1 aromatic rings. The van der Waals surface area contributed by atoms with Crippen LogP contribution in [0.4, 0.5) is 13.2 Å². The van der Waals surface area contributed by atoms with Crippen molar-refractivity contribution in [2.75, 3.05) is 5.75 Å². The van der Waals surface area contributed by atoms with Crippen LogP contribution >= 0.6 is 0 Å². The van der Waals surface area contributed by atoms with E-state index in [1.54, 1.807) is 0 Å². The molecular formula is C11H9F3O3S. The molecule has 2 rings (SSSR count). The Morgan fingerprint density at radius 2 is 1.94 bits per heavy atom. The summed E-state index contributed by atoms with van der Waals surface area (Å²) >= 11 is 0. The number of hydrogen-bond acceptors (Lipinski definition) is 3. The zero-order valence-electron chi connectivity index (χ0n) is 9.28. The molecule has 1 heterocycles. The van der Waals surface area contributed by atoms with Gasteiger partial charge in [-0.25, -0.2) is 8.42 Å². The summed E-state index contributed by atoms with van der Waals surface area (Å²) < 4.78 is 61.0. The SMILES string of the molecule is CC(=O)C1CS(=O)(=O)c2ccc(C(F)(F)F)cc21. The zero-order valence-corrected chi connectivity index (χ0v) is 10.1. The van der Waals surface area contributed by atoms with Crippen LogP contribution in [0.15, 0.2) is 23.1 Å². The number of rotatable bonds is 1. The molecule has 0 saturated carbocycles. The smallest absolute Gasteiger partial charge is 0.299 e. The summed E-state index contributed by atoms with van der Waals surface area (Å²) in [5.74, 6) is -1.89. The third-order valence-electron chi connectivity index (χ3n) is 2.92. The second kappa shape index (κ2) is 3.81. The Morgan fingerprint density at radius 3 is 2.44 bits per heavy atom. The molecule has 1 aromatic carbocycles. The van der Waals surface area contributed by atoms with Gasteiger partial charge in [0.15, 0.2) is 9.84 Å². The van der Waals surface area contributed by atoms with Gasteiger partial charge in [0.05, 0.1) is 22.1 Å². The lowest BCUT2D eigenvalue weighted by Crippen LogP contribution is -2.11. The molecule has 1 aliphatic rings. The number of carbonyl (C=O) groups is 1. The van der Waals surface area contributed by atoms with Gasteiger partial charge in [-0.15, -0.1) is 0 Å². The summed E-state index contributed by atoms with van der Waals surface area (Å²) in [6.45, 7) is 1.18. The Balaban J connectivity index is 2.65. The Hall–Kier alpha value is -1.37. The van der Waals surface area contributed by atoms with Crippen molar-refractivity contribution in [3.8, 4) is 0 Å². The van der Waals surface area contributed by atoms with Gasteiger partial charge >= 0.3 is 6.18 Å². The van der Waals surface area contributed by atoms with Gasteiger partial charge in [-0.3, -0.25) is 4.79 Å². The average Bonchev–Trinajstić information content (AvgIpc) is 2.49. The standard InChI is InChI=1S/C11H9F3O3S/c1-6(15)9-5-18(16,17)10-3-2-7(4-8(9)10)11(12,13)14/h2-4,9H,5H2,1H3. The van der Waals surface area contributed by atoms with E-state index in [1.807, 2.05) is 0 Å². The fourth-order valence-corrected chi connectivity index (χ4v) is 3.88. The van der Waals surface area contributed by atoms with Crippen molar-refractivity contribution < 1.29 is 26.4 Å². The van der Waals surface area contributed by atoms with E-state index >= 15 is 0 Å². The lowest BCUT2D eigenvalue weighted by atomic mass is 9.96.